The van der Waals surface area contributed by atoms with Gasteiger partial charge in [0.25, 0.3) is 5.91 Å². The average molecular weight is 303 g/mol. The molecule has 0 fully saturated rings. The number of nitrogens with one attached hydrogen (secondary N) is 2. The van der Waals surface area contributed by atoms with Gasteiger partial charge >= 0.3 is 0 Å². The Morgan fingerprint density at radius 1 is 1.38 bits per heavy atom. The molecule has 112 valence electrons. The van der Waals surface area contributed by atoms with Crippen LogP contribution in [0.2, 0.25) is 0 Å². The topological polar surface area (TPSA) is 54.0 Å². The molecule has 0 aliphatic heterocycles. The van der Waals surface area contributed by atoms with Gasteiger partial charge in [-0.1, -0.05) is 31.2 Å². The summed E-state index contributed by atoms with van der Waals surface area (Å²) in [5, 5.41) is 8.15. The number of amides is 1. The molecule has 1 aromatic carbocycles. The number of hydrogen-bond donors (Lipinski definition) is 2. The zero-order valence-electron chi connectivity index (χ0n) is 12.6. The summed E-state index contributed by atoms with van der Waals surface area (Å²) in [4.78, 5) is 16.8. The second-order valence-electron chi connectivity index (χ2n) is 4.86. The summed E-state index contributed by atoms with van der Waals surface area (Å²) >= 11 is 1.73. The van der Waals surface area contributed by atoms with Crippen LogP contribution >= 0.6 is 11.8 Å². The molecule has 1 heterocycles. The molecule has 4 nitrogen and oxygen atoms in total. The predicted molar refractivity (Wildman–Crippen MR) is 91.2 cm³/mol. The van der Waals surface area contributed by atoms with E-state index in [1.807, 2.05) is 43.6 Å². The highest BCUT2D eigenvalue weighted by Gasteiger charge is 2.15. The highest BCUT2D eigenvalue weighted by Crippen LogP contribution is 2.22. The maximum Gasteiger partial charge on any atom is 0.270 e. The van der Waals surface area contributed by atoms with Gasteiger partial charge in [-0.3, -0.25) is 4.79 Å². The number of carbonyl (C=O) groups is 1. The van der Waals surface area contributed by atoms with Crippen LogP contribution in [-0.2, 0) is 0 Å². The molecule has 0 aliphatic rings. The van der Waals surface area contributed by atoms with Crippen molar-refractivity contribution < 1.29 is 4.79 Å². The van der Waals surface area contributed by atoms with E-state index in [0.29, 0.717) is 5.69 Å². The molecule has 0 saturated carbocycles. The molecule has 0 radical (unpaired) electrons. The lowest BCUT2D eigenvalue weighted by Crippen LogP contribution is -2.36. The molecular formula is C16H21N3OS. The van der Waals surface area contributed by atoms with Crippen LogP contribution in [0.15, 0.2) is 30.3 Å². The van der Waals surface area contributed by atoms with E-state index in [1.54, 1.807) is 11.8 Å². The number of pyridine rings is 1. The number of fused-ring (bicyclic) bond motifs is 1. The van der Waals surface area contributed by atoms with Crippen LogP contribution in [0.4, 0.5) is 5.82 Å². The number of benzene rings is 1. The lowest BCUT2D eigenvalue weighted by molar-refractivity contribution is 0.0935. The van der Waals surface area contributed by atoms with Crippen LogP contribution < -0.4 is 10.6 Å². The van der Waals surface area contributed by atoms with Crippen molar-refractivity contribution in [1.29, 1.82) is 0 Å². The van der Waals surface area contributed by atoms with E-state index in [2.05, 4.69) is 22.5 Å². The van der Waals surface area contributed by atoms with Crippen LogP contribution in [0.25, 0.3) is 10.8 Å². The van der Waals surface area contributed by atoms with Crippen molar-refractivity contribution in [2.75, 3.05) is 24.4 Å². The zero-order valence-corrected chi connectivity index (χ0v) is 13.5. The maximum absolute atomic E-state index is 12.4. The van der Waals surface area contributed by atoms with Crippen molar-refractivity contribution in [2.24, 2.45) is 0 Å². The van der Waals surface area contributed by atoms with E-state index in [4.69, 9.17) is 0 Å². The van der Waals surface area contributed by atoms with E-state index in [0.717, 1.165) is 28.8 Å². The summed E-state index contributed by atoms with van der Waals surface area (Å²) in [5.74, 6) is 1.53. The smallest absolute Gasteiger partial charge is 0.270 e. The van der Waals surface area contributed by atoms with E-state index in [-0.39, 0.29) is 11.9 Å². The van der Waals surface area contributed by atoms with E-state index >= 15 is 0 Å². The third-order valence-corrected chi connectivity index (χ3v) is 4.14. The number of carbonyl (C=O) groups excluding carboxylic acids is 1. The Bertz CT molecular complexity index is 630. The van der Waals surface area contributed by atoms with Gasteiger partial charge in [0.1, 0.15) is 11.5 Å². The third kappa shape index (κ3) is 3.67. The van der Waals surface area contributed by atoms with Crippen LogP contribution in [0, 0.1) is 0 Å². The van der Waals surface area contributed by atoms with Gasteiger partial charge < -0.3 is 10.6 Å². The molecule has 2 rings (SSSR count). The van der Waals surface area contributed by atoms with Gasteiger partial charge in [-0.05, 0) is 24.1 Å². The first-order chi connectivity index (χ1) is 10.2. The van der Waals surface area contributed by atoms with Gasteiger partial charge in [-0.25, -0.2) is 4.98 Å². The Kier molecular flexibility index (Phi) is 5.44. The van der Waals surface area contributed by atoms with Gasteiger partial charge in [0.2, 0.25) is 0 Å². The van der Waals surface area contributed by atoms with E-state index in [1.165, 1.54) is 0 Å². The fraction of sp³-hybridized carbons (Fsp3) is 0.375. The Morgan fingerprint density at radius 3 is 2.81 bits per heavy atom. The third-order valence-electron chi connectivity index (χ3n) is 3.41. The van der Waals surface area contributed by atoms with Crippen molar-refractivity contribution in [3.63, 3.8) is 0 Å². The average Bonchev–Trinajstić information content (AvgIpc) is 2.53. The number of aromatic nitrogens is 1. The van der Waals surface area contributed by atoms with Crippen molar-refractivity contribution in [3.05, 3.63) is 36.0 Å². The number of nitrogens with zero attached hydrogens (tertiary/aromatic N) is 1. The minimum absolute atomic E-state index is 0.113. The highest BCUT2D eigenvalue weighted by molar-refractivity contribution is 7.98. The van der Waals surface area contributed by atoms with Crippen molar-refractivity contribution in [1.82, 2.24) is 10.3 Å². The molecule has 0 spiro atoms. The fourth-order valence-electron chi connectivity index (χ4n) is 2.23. The largest absolute Gasteiger partial charge is 0.373 e. The first kappa shape index (κ1) is 15.6. The van der Waals surface area contributed by atoms with Crippen LogP contribution in [0.1, 0.15) is 23.8 Å². The van der Waals surface area contributed by atoms with Gasteiger partial charge in [-0.15, -0.1) is 0 Å². The number of thioether (sulfide) groups is 1. The van der Waals surface area contributed by atoms with Gasteiger partial charge in [-0.2, -0.15) is 11.8 Å². The van der Waals surface area contributed by atoms with Gasteiger partial charge in [0, 0.05) is 24.2 Å². The monoisotopic (exact) mass is 303 g/mol. The van der Waals surface area contributed by atoms with E-state index in [9.17, 15) is 4.79 Å². The Morgan fingerprint density at radius 2 is 2.14 bits per heavy atom. The second kappa shape index (κ2) is 7.31. The zero-order chi connectivity index (χ0) is 15.2. The lowest BCUT2D eigenvalue weighted by atomic mass is 10.1. The molecule has 2 aromatic rings. The Labute approximate surface area is 129 Å². The van der Waals surface area contributed by atoms with Crippen LogP contribution in [-0.4, -0.2) is 36.0 Å². The predicted octanol–water partition coefficient (Wildman–Crippen LogP) is 3.15. The minimum atomic E-state index is -0.113. The fourth-order valence-corrected chi connectivity index (χ4v) is 2.95. The van der Waals surface area contributed by atoms with Gasteiger partial charge in [0.05, 0.1) is 0 Å². The summed E-state index contributed by atoms with van der Waals surface area (Å²) in [7, 11) is 1.82. The first-order valence-electron chi connectivity index (χ1n) is 7.07. The molecular weight excluding hydrogens is 282 g/mol. The molecule has 1 unspecified atom stereocenters. The maximum atomic E-state index is 12.4. The molecule has 1 amide bonds. The van der Waals surface area contributed by atoms with E-state index < -0.39 is 0 Å². The summed E-state index contributed by atoms with van der Waals surface area (Å²) in [6, 6.07) is 9.95. The molecule has 1 aromatic heterocycles. The normalized spacial score (nSPS) is 12.1. The van der Waals surface area contributed by atoms with Crippen molar-refractivity contribution in [2.45, 2.75) is 19.4 Å². The van der Waals surface area contributed by atoms with Gasteiger partial charge in [0.15, 0.2) is 0 Å². The second-order valence-corrected chi connectivity index (χ2v) is 5.77. The number of anilines is 1. The molecule has 0 bridgehead atoms. The summed E-state index contributed by atoms with van der Waals surface area (Å²) in [6.45, 7) is 2.08. The lowest BCUT2D eigenvalue weighted by Gasteiger charge is -2.16. The summed E-state index contributed by atoms with van der Waals surface area (Å²) in [5.41, 5.74) is 0.456. The van der Waals surface area contributed by atoms with Crippen LogP contribution in [0.3, 0.4) is 0 Å². The molecule has 1 atom stereocenters. The van der Waals surface area contributed by atoms with Crippen molar-refractivity contribution in [3.8, 4) is 0 Å². The first-order valence-corrected chi connectivity index (χ1v) is 8.46. The molecule has 0 saturated heterocycles. The molecule has 0 aliphatic carbocycles. The number of hydrogen-bond acceptors (Lipinski definition) is 4. The Balaban J connectivity index is 2.31. The minimum Gasteiger partial charge on any atom is -0.373 e. The number of rotatable bonds is 6. The highest BCUT2D eigenvalue weighted by atomic mass is 32.2. The van der Waals surface area contributed by atoms with Crippen molar-refractivity contribution >= 4 is 34.3 Å². The molecule has 2 N–H and O–H groups in total. The molecule has 21 heavy (non-hydrogen) atoms. The standard InChI is InChI=1S/C16H21N3OS/c1-4-12(10-21-3)18-16(20)14-9-11-7-5-6-8-13(11)15(17-2)19-14/h5-9,12H,4,10H2,1-3H3,(H,17,19)(H,18,20). The van der Waals surface area contributed by atoms with Crippen LogP contribution in [0.5, 0.6) is 0 Å². The summed E-state index contributed by atoms with van der Waals surface area (Å²) < 4.78 is 0. The SMILES string of the molecule is CCC(CSC)NC(=O)c1cc2ccccc2c(NC)n1. The Hall–Kier alpha value is -1.75. The summed E-state index contributed by atoms with van der Waals surface area (Å²) in [6.07, 6.45) is 2.96. The molecule has 5 heteroatoms. The quantitative estimate of drug-likeness (QED) is 0.861.